The Morgan fingerprint density at radius 1 is 1.24 bits per heavy atom. The standard InChI is InChI=1S/C15H14ClNO3S/c1-17(9-8-13(18)14-3-2-10-21-14)15(19)20-12-6-4-11(16)5-7-12/h2-7,10H,8-9H2,1H3. The highest BCUT2D eigenvalue weighted by atomic mass is 35.5. The molecule has 0 saturated carbocycles. The Morgan fingerprint density at radius 3 is 2.57 bits per heavy atom. The van der Waals surface area contributed by atoms with Gasteiger partial charge >= 0.3 is 6.09 Å². The minimum absolute atomic E-state index is 0.0242. The zero-order chi connectivity index (χ0) is 15.2. The molecule has 0 aliphatic carbocycles. The minimum Gasteiger partial charge on any atom is -0.410 e. The molecule has 0 N–H and O–H groups in total. The third kappa shape index (κ3) is 4.58. The van der Waals surface area contributed by atoms with Crippen molar-refractivity contribution in [1.29, 1.82) is 0 Å². The van der Waals surface area contributed by atoms with Gasteiger partial charge in [-0.2, -0.15) is 0 Å². The van der Waals surface area contributed by atoms with E-state index in [1.807, 2.05) is 11.4 Å². The third-order valence-corrected chi connectivity index (χ3v) is 3.96. The Kier molecular flexibility index (Phi) is 5.36. The number of carbonyl (C=O) groups excluding carboxylic acids is 2. The largest absolute Gasteiger partial charge is 0.414 e. The fourth-order valence-corrected chi connectivity index (χ4v) is 2.42. The van der Waals surface area contributed by atoms with Crippen molar-refractivity contribution < 1.29 is 14.3 Å². The number of carbonyl (C=O) groups is 2. The van der Waals surface area contributed by atoms with Gasteiger partial charge in [0.25, 0.3) is 0 Å². The molecular weight excluding hydrogens is 310 g/mol. The van der Waals surface area contributed by atoms with E-state index in [4.69, 9.17) is 16.3 Å². The molecule has 0 aliphatic rings. The molecule has 2 rings (SSSR count). The summed E-state index contributed by atoms with van der Waals surface area (Å²) in [6, 6.07) is 10.1. The van der Waals surface area contributed by atoms with E-state index >= 15 is 0 Å². The van der Waals surface area contributed by atoms with Gasteiger partial charge in [0.1, 0.15) is 5.75 Å². The number of ether oxygens (including phenoxy) is 1. The van der Waals surface area contributed by atoms with Crippen LogP contribution in [0, 0.1) is 0 Å². The Bertz CT molecular complexity index is 610. The summed E-state index contributed by atoms with van der Waals surface area (Å²) in [4.78, 5) is 25.8. The second kappa shape index (κ2) is 7.24. The maximum atomic E-state index is 11.9. The number of thiophene rings is 1. The number of Topliss-reactive ketones (excluding diaryl/α,β-unsaturated/α-hetero) is 1. The molecule has 0 bridgehead atoms. The lowest BCUT2D eigenvalue weighted by Crippen LogP contribution is -2.31. The molecule has 1 heterocycles. The molecule has 110 valence electrons. The van der Waals surface area contributed by atoms with Crippen LogP contribution in [-0.2, 0) is 0 Å². The van der Waals surface area contributed by atoms with Crippen molar-refractivity contribution in [2.24, 2.45) is 0 Å². The van der Waals surface area contributed by atoms with Gasteiger partial charge in [0, 0.05) is 25.0 Å². The number of benzene rings is 1. The predicted octanol–water partition coefficient (Wildman–Crippen LogP) is 4.11. The van der Waals surface area contributed by atoms with Crippen molar-refractivity contribution in [2.75, 3.05) is 13.6 Å². The van der Waals surface area contributed by atoms with Gasteiger partial charge in [0.15, 0.2) is 5.78 Å². The van der Waals surface area contributed by atoms with Gasteiger partial charge in [0.2, 0.25) is 0 Å². The Balaban J connectivity index is 1.82. The molecule has 0 fully saturated rings. The fraction of sp³-hybridized carbons (Fsp3) is 0.200. The molecule has 0 unspecified atom stereocenters. The van der Waals surface area contributed by atoms with Crippen molar-refractivity contribution in [3.8, 4) is 5.75 Å². The summed E-state index contributed by atoms with van der Waals surface area (Å²) >= 11 is 7.16. The molecule has 0 radical (unpaired) electrons. The number of hydrogen-bond acceptors (Lipinski definition) is 4. The number of ketones is 1. The lowest BCUT2D eigenvalue weighted by Gasteiger charge is -2.16. The lowest BCUT2D eigenvalue weighted by molar-refractivity contribution is 0.0972. The van der Waals surface area contributed by atoms with Gasteiger partial charge in [-0.1, -0.05) is 17.7 Å². The molecule has 1 amide bonds. The van der Waals surface area contributed by atoms with Gasteiger partial charge in [-0.05, 0) is 35.7 Å². The van der Waals surface area contributed by atoms with E-state index in [0.29, 0.717) is 22.2 Å². The predicted molar refractivity (Wildman–Crippen MR) is 83.4 cm³/mol. The van der Waals surface area contributed by atoms with E-state index in [1.165, 1.54) is 16.2 Å². The van der Waals surface area contributed by atoms with Crippen molar-refractivity contribution in [3.63, 3.8) is 0 Å². The van der Waals surface area contributed by atoms with Crippen LogP contribution in [0.2, 0.25) is 5.02 Å². The lowest BCUT2D eigenvalue weighted by atomic mass is 10.2. The van der Waals surface area contributed by atoms with Gasteiger partial charge in [-0.3, -0.25) is 4.79 Å². The van der Waals surface area contributed by atoms with Crippen molar-refractivity contribution >= 4 is 34.8 Å². The summed E-state index contributed by atoms with van der Waals surface area (Å²) in [6.07, 6.45) is -0.233. The Morgan fingerprint density at radius 2 is 1.95 bits per heavy atom. The Hall–Kier alpha value is -1.85. The molecule has 0 atom stereocenters. The average Bonchev–Trinajstić information content (AvgIpc) is 3.01. The molecule has 4 nitrogen and oxygen atoms in total. The summed E-state index contributed by atoms with van der Waals surface area (Å²) in [5, 5.41) is 2.43. The van der Waals surface area contributed by atoms with Gasteiger partial charge in [-0.25, -0.2) is 4.79 Å². The number of amides is 1. The first kappa shape index (κ1) is 15.5. The maximum absolute atomic E-state index is 11.9. The normalized spacial score (nSPS) is 10.2. The highest BCUT2D eigenvalue weighted by Gasteiger charge is 2.14. The number of halogens is 1. The van der Waals surface area contributed by atoms with Crippen molar-refractivity contribution in [1.82, 2.24) is 4.90 Å². The van der Waals surface area contributed by atoms with E-state index in [9.17, 15) is 9.59 Å². The molecular formula is C15H14ClNO3S. The number of nitrogens with zero attached hydrogens (tertiary/aromatic N) is 1. The van der Waals surface area contributed by atoms with Crippen LogP contribution in [-0.4, -0.2) is 30.4 Å². The monoisotopic (exact) mass is 323 g/mol. The maximum Gasteiger partial charge on any atom is 0.414 e. The third-order valence-electron chi connectivity index (χ3n) is 2.80. The van der Waals surface area contributed by atoms with E-state index in [1.54, 1.807) is 37.4 Å². The molecule has 2 aromatic rings. The summed E-state index contributed by atoms with van der Waals surface area (Å²) in [5.74, 6) is 0.442. The molecule has 0 spiro atoms. The summed E-state index contributed by atoms with van der Waals surface area (Å²) in [7, 11) is 1.60. The zero-order valence-corrected chi connectivity index (χ0v) is 13.0. The Labute approximate surface area is 131 Å². The highest BCUT2D eigenvalue weighted by Crippen LogP contribution is 2.16. The van der Waals surface area contributed by atoms with Crippen LogP contribution < -0.4 is 4.74 Å². The number of rotatable bonds is 5. The topological polar surface area (TPSA) is 46.6 Å². The van der Waals surface area contributed by atoms with Gasteiger partial charge < -0.3 is 9.64 Å². The van der Waals surface area contributed by atoms with Crippen molar-refractivity contribution in [3.05, 3.63) is 51.7 Å². The van der Waals surface area contributed by atoms with Crippen LogP contribution in [0.25, 0.3) is 0 Å². The van der Waals surface area contributed by atoms with Crippen molar-refractivity contribution in [2.45, 2.75) is 6.42 Å². The van der Waals surface area contributed by atoms with Crippen LogP contribution in [0.5, 0.6) is 5.75 Å². The fourth-order valence-electron chi connectivity index (χ4n) is 1.60. The smallest absolute Gasteiger partial charge is 0.410 e. The quantitative estimate of drug-likeness (QED) is 0.778. The minimum atomic E-state index is -0.503. The molecule has 1 aromatic heterocycles. The first-order chi connectivity index (χ1) is 10.1. The average molecular weight is 324 g/mol. The van der Waals surface area contributed by atoms with Crippen LogP contribution in [0.1, 0.15) is 16.1 Å². The molecule has 1 aromatic carbocycles. The zero-order valence-electron chi connectivity index (χ0n) is 11.4. The molecule has 0 saturated heterocycles. The molecule has 6 heteroatoms. The first-order valence-corrected chi connectivity index (χ1v) is 7.57. The highest BCUT2D eigenvalue weighted by molar-refractivity contribution is 7.12. The van der Waals surface area contributed by atoms with Crippen LogP contribution in [0.3, 0.4) is 0 Å². The van der Waals surface area contributed by atoms with E-state index in [0.717, 1.165) is 0 Å². The van der Waals surface area contributed by atoms with E-state index in [2.05, 4.69) is 0 Å². The van der Waals surface area contributed by atoms with E-state index < -0.39 is 6.09 Å². The second-order valence-corrected chi connectivity index (χ2v) is 5.78. The van der Waals surface area contributed by atoms with Crippen LogP contribution in [0.15, 0.2) is 41.8 Å². The van der Waals surface area contributed by atoms with Crippen LogP contribution >= 0.6 is 22.9 Å². The van der Waals surface area contributed by atoms with E-state index in [-0.39, 0.29) is 12.2 Å². The van der Waals surface area contributed by atoms with Gasteiger partial charge in [0.05, 0.1) is 4.88 Å². The second-order valence-electron chi connectivity index (χ2n) is 4.39. The SMILES string of the molecule is CN(CCC(=O)c1cccs1)C(=O)Oc1ccc(Cl)cc1. The molecule has 0 aliphatic heterocycles. The summed E-state index contributed by atoms with van der Waals surface area (Å²) in [5.41, 5.74) is 0. The van der Waals surface area contributed by atoms with Gasteiger partial charge in [-0.15, -0.1) is 11.3 Å². The summed E-state index contributed by atoms with van der Waals surface area (Å²) < 4.78 is 5.17. The van der Waals surface area contributed by atoms with Crippen LogP contribution in [0.4, 0.5) is 4.79 Å². The first-order valence-electron chi connectivity index (χ1n) is 6.31. The number of hydrogen-bond donors (Lipinski definition) is 0. The molecule has 21 heavy (non-hydrogen) atoms. The summed E-state index contributed by atoms with van der Waals surface area (Å²) in [6.45, 7) is 0.309.